The summed E-state index contributed by atoms with van der Waals surface area (Å²) in [5.41, 5.74) is 4.43. The van der Waals surface area contributed by atoms with Gasteiger partial charge in [-0.1, -0.05) is 12.1 Å². The molecular weight excluding hydrogens is 300 g/mol. The molecule has 0 spiro atoms. The van der Waals surface area contributed by atoms with Crippen LogP contribution in [0.5, 0.6) is 0 Å². The third kappa shape index (κ3) is 2.58. The highest BCUT2D eigenvalue weighted by Crippen LogP contribution is 2.24. The van der Waals surface area contributed by atoms with Gasteiger partial charge in [0.1, 0.15) is 6.33 Å². The Kier molecular flexibility index (Phi) is 3.80. The molecule has 24 heavy (non-hydrogen) atoms. The van der Waals surface area contributed by atoms with Gasteiger partial charge in [-0.15, -0.1) is 0 Å². The van der Waals surface area contributed by atoms with Crippen LogP contribution in [0, 0.1) is 6.92 Å². The van der Waals surface area contributed by atoms with Crippen LogP contribution in [0.25, 0.3) is 11.2 Å². The van der Waals surface area contributed by atoms with Crippen molar-refractivity contribution in [2.24, 2.45) is 0 Å². The molecule has 1 saturated heterocycles. The summed E-state index contributed by atoms with van der Waals surface area (Å²) in [5.74, 6) is 0.955. The number of imidazole rings is 1. The lowest BCUT2D eigenvalue weighted by molar-refractivity contribution is 0.648. The topological polar surface area (TPSA) is 50.1 Å². The zero-order chi connectivity index (χ0) is 16.5. The maximum Gasteiger partial charge on any atom is 0.165 e. The van der Waals surface area contributed by atoms with Crippen molar-refractivity contribution < 1.29 is 0 Å². The molecule has 1 aliphatic rings. The van der Waals surface area contributed by atoms with Crippen LogP contribution in [0.3, 0.4) is 0 Å². The van der Waals surface area contributed by atoms with Gasteiger partial charge in [0.25, 0.3) is 0 Å². The fourth-order valence-corrected chi connectivity index (χ4v) is 3.33. The number of aromatic nitrogens is 4. The Morgan fingerprint density at radius 1 is 1.00 bits per heavy atom. The number of nitrogens with zero attached hydrogens (tertiary/aromatic N) is 6. The predicted molar refractivity (Wildman–Crippen MR) is 96.6 cm³/mol. The van der Waals surface area contributed by atoms with E-state index in [1.54, 1.807) is 6.33 Å². The van der Waals surface area contributed by atoms with E-state index >= 15 is 0 Å². The maximum absolute atomic E-state index is 4.54. The van der Waals surface area contributed by atoms with E-state index in [1.807, 2.05) is 6.33 Å². The van der Waals surface area contributed by atoms with Gasteiger partial charge in [0.15, 0.2) is 17.0 Å². The van der Waals surface area contributed by atoms with Crippen molar-refractivity contribution in [2.75, 3.05) is 36.0 Å². The van der Waals surface area contributed by atoms with E-state index in [-0.39, 0.29) is 0 Å². The summed E-state index contributed by atoms with van der Waals surface area (Å²) in [7, 11) is 0. The summed E-state index contributed by atoms with van der Waals surface area (Å²) in [5, 5.41) is 0. The molecule has 0 amide bonds. The largest absolute Gasteiger partial charge is 0.368 e. The van der Waals surface area contributed by atoms with Crippen molar-refractivity contribution in [2.45, 2.75) is 20.4 Å². The van der Waals surface area contributed by atoms with Crippen LogP contribution in [-0.2, 0) is 6.54 Å². The smallest absolute Gasteiger partial charge is 0.165 e. The Labute approximate surface area is 141 Å². The normalized spacial score (nSPS) is 15.2. The Morgan fingerprint density at radius 3 is 2.54 bits per heavy atom. The third-order valence-corrected chi connectivity index (χ3v) is 4.67. The van der Waals surface area contributed by atoms with Crippen molar-refractivity contribution in [3.8, 4) is 0 Å². The minimum atomic E-state index is 0.869. The molecule has 0 atom stereocenters. The predicted octanol–water partition coefficient (Wildman–Crippen LogP) is 2.48. The lowest BCUT2D eigenvalue weighted by Crippen LogP contribution is -2.47. The molecule has 0 radical (unpaired) electrons. The van der Waals surface area contributed by atoms with E-state index in [0.29, 0.717) is 0 Å². The number of benzene rings is 1. The molecule has 3 aromatic rings. The van der Waals surface area contributed by atoms with Gasteiger partial charge >= 0.3 is 0 Å². The van der Waals surface area contributed by atoms with E-state index in [9.17, 15) is 0 Å². The molecule has 4 rings (SSSR count). The molecule has 6 heteroatoms. The molecule has 1 aliphatic heterocycles. The zero-order valence-electron chi connectivity index (χ0n) is 14.2. The number of anilines is 2. The zero-order valence-corrected chi connectivity index (χ0v) is 14.2. The molecule has 0 aliphatic carbocycles. The Balaban J connectivity index is 1.55. The lowest BCUT2D eigenvalue weighted by Gasteiger charge is -2.36. The highest BCUT2D eigenvalue weighted by molar-refractivity contribution is 5.83. The highest BCUT2D eigenvalue weighted by Gasteiger charge is 2.21. The first-order valence-corrected chi connectivity index (χ1v) is 8.48. The third-order valence-electron chi connectivity index (χ3n) is 4.67. The highest BCUT2D eigenvalue weighted by atomic mass is 15.3. The Hall–Kier alpha value is -2.63. The van der Waals surface area contributed by atoms with Crippen LogP contribution in [0.15, 0.2) is 36.9 Å². The molecule has 0 N–H and O–H groups in total. The maximum atomic E-state index is 4.54. The van der Waals surface area contributed by atoms with Crippen molar-refractivity contribution in [1.29, 1.82) is 0 Å². The summed E-state index contributed by atoms with van der Waals surface area (Å²) in [4.78, 5) is 18.2. The average Bonchev–Trinajstić information content (AvgIpc) is 3.05. The van der Waals surface area contributed by atoms with Crippen molar-refractivity contribution >= 4 is 22.7 Å². The van der Waals surface area contributed by atoms with Crippen molar-refractivity contribution in [1.82, 2.24) is 19.5 Å². The molecule has 0 bridgehead atoms. The standard InChI is InChI=1S/C18H22N6/c1-3-22-13-21-16-17(22)19-12-20-18(16)24-9-7-23(8-10-24)15-6-4-5-14(2)11-15/h4-6,11-13H,3,7-10H2,1-2H3. The molecule has 1 aromatic carbocycles. The van der Waals surface area contributed by atoms with E-state index in [4.69, 9.17) is 0 Å². The minimum Gasteiger partial charge on any atom is -0.368 e. The fraction of sp³-hybridized carbons (Fsp3) is 0.389. The number of hydrogen-bond donors (Lipinski definition) is 0. The van der Waals surface area contributed by atoms with Crippen LogP contribution in [0.4, 0.5) is 11.5 Å². The second-order valence-electron chi connectivity index (χ2n) is 6.21. The van der Waals surface area contributed by atoms with Crippen LogP contribution < -0.4 is 9.80 Å². The lowest BCUT2D eigenvalue weighted by atomic mass is 10.2. The summed E-state index contributed by atoms with van der Waals surface area (Å²) in [6.45, 7) is 8.98. The molecule has 3 heterocycles. The second kappa shape index (κ2) is 6.11. The van der Waals surface area contributed by atoms with E-state index in [0.717, 1.165) is 49.7 Å². The first-order valence-electron chi connectivity index (χ1n) is 8.48. The first-order chi connectivity index (χ1) is 11.8. The van der Waals surface area contributed by atoms with Gasteiger partial charge in [-0.05, 0) is 31.5 Å². The van der Waals surface area contributed by atoms with E-state index < -0.39 is 0 Å². The monoisotopic (exact) mass is 322 g/mol. The number of hydrogen-bond acceptors (Lipinski definition) is 5. The van der Waals surface area contributed by atoms with Crippen molar-refractivity contribution in [3.63, 3.8) is 0 Å². The second-order valence-corrected chi connectivity index (χ2v) is 6.21. The van der Waals surface area contributed by atoms with Crippen molar-refractivity contribution in [3.05, 3.63) is 42.5 Å². The number of fused-ring (bicyclic) bond motifs is 1. The Morgan fingerprint density at radius 2 is 1.79 bits per heavy atom. The van der Waals surface area contributed by atoms with Gasteiger partial charge in [0.2, 0.25) is 0 Å². The molecule has 2 aromatic heterocycles. The van der Waals surface area contributed by atoms with Gasteiger partial charge in [0.05, 0.1) is 6.33 Å². The number of aryl methyl sites for hydroxylation is 2. The van der Waals surface area contributed by atoms with Gasteiger partial charge in [-0.2, -0.15) is 0 Å². The Bertz CT molecular complexity index is 848. The molecular formula is C18H22N6. The van der Waals surface area contributed by atoms with E-state index in [2.05, 4.69) is 67.4 Å². The number of rotatable bonds is 3. The molecule has 124 valence electrons. The fourth-order valence-electron chi connectivity index (χ4n) is 3.33. The van der Waals surface area contributed by atoms with Crippen LogP contribution in [0.2, 0.25) is 0 Å². The molecule has 1 fully saturated rings. The summed E-state index contributed by atoms with van der Waals surface area (Å²) in [6.07, 6.45) is 3.50. The van der Waals surface area contributed by atoms with Gasteiger partial charge < -0.3 is 14.4 Å². The SMILES string of the molecule is CCn1cnc2c(N3CCN(c4cccc(C)c4)CC3)ncnc21. The molecule has 0 unspecified atom stereocenters. The summed E-state index contributed by atoms with van der Waals surface area (Å²) >= 11 is 0. The quantitative estimate of drug-likeness (QED) is 0.741. The molecule has 0 saturated carbocycles. The van der Waals surface area contributed by atoms with Gasteiger partial charge in [-0.25, -0.2) is 15.0 Å². The van der Waals surface area contributed by atoms with Crippen LogP contribution >= 0.6 is 0 Å². The van der Waals surface area contributed by atoms with Gasteiger partial charge in [-0.3, -0.25) is 0 Å². The minimum absolute atomic E-state index is 0.869. The summed E-state index contributed by atoms with van der Waals surface area (Å²) < 4.78 is 2.06. The van der Waals surface area contributed by atoms with E-state index in [1.165, 1.54) is 11.3 Å². The van der Waals surface area contributed by atoms with Crippen LogP contribution in [-0.4, -0.2) is 45.7 Å². The summed E-state index contributed by atoms with van der Waals surface area (Å²) in [6, 6.07) is 8.71. The molecule has 6 nitrogen and oxygen atoms in total. The van der Waals surface area contributed by atoms with Crippen LogP contribution in [0.1, 0.15) is 12.5 Å². The average molecular weight is 322 g/mol. The van der Waals surface area contributed by atoms with Gasteiger partial charge in [0, 0.05) is 38.4 Å². The number of piperazine rings is 1. The first kappa shape index (κ1) is 14.9.